The summed E-state index contributed by atoms with van der Waals surface area (Å²) in [6.45, 7) is 2.69. The second-order valence-corrected chi connectivity index (χ2v) is 9.11. The molecule has 0 spiro atoms. The van der Waals surface area contributed by atoms with Crippen LogP contribution in [0.25, 0.3) is 0 Å². The van der Waals surface area contributed by atoms with E-state index in [9.17, 15) is 21.2 Å². The number of anilines is 1. The van der Waals surface area contributed by atoms with Gasteiger partial charge in [0.15, 0.2) is 5.82 Å². The molecule has 0 saturated carbocycles. The van der Waals surface area contributed by atoms with Crippen molar-refractivity contribution in [2.24, 2.45) is 0 Å². The van der Waals surface area contributed by atoms with Gasteiger partial charge in [0.2, 0.25) is 20.0 Å². The highest BCUT2D eigenvalue weighted by molar-refractivity contribution is 7.92. The molecule has 1 N–H and O–H groups in total. The summed E-state index contributed by atoms with van der Waals surface area (Å²) in [7, 11) is -7.57. The van der Waals surface area contributed by atoms with E-state index >= 15 is 0 Å². The second kappa shape index (κ2) is 7.10. The summed E-state index contributed by atoms with van der Waals surface area (Å²) in [5.41, 5.74) is 0.193. The smallest absolute Gasteiger partial charge is 0.240 e. The SMILES string of the molecule is Cc1cc(N(CCNS(=O)(=O)c2ccc(F)c(C)c2)S(C)(=O)=O)no1. The van der Waals surface area contributed by atoms with Crippen LogP contribution in [-0.4, -0.2) is 41.3 Å². The van der Waals surface area contributed by atoms with Gasteiger partial charge in [-0.2, -0.15) is 0 Å². The molecule has 0 atom stereocenters. The zero-order chi connectivity index (χ0) is 18.8. The summed E-state index contributed by atoms with van der Waals surface area (Å²) in [6, 6.07) is 4.83. The molecule has 0 amide bonds. The molecule has 1 aromatic carbocycles. The highest BCUT2D eigenvalue weighted by Crippen LogP contribution is 2.17. The van der Waals surface area contributed by atoms with Crippen LogP contribution in [-0.2, 0) is 20.0 Å². The lowest BCUT2D eigenvalue weighted by atomic mass is 10.2. The van der Waals surface area contributed by atoms with Gasteiger partial charge in [-0.1, -0.05) is 5.16 Å². The van der Waals surface area contributed by atoms with E-state index in [1.165, 1.54) is 19.1 Å². The summed E-state index contributed by atoms with van der Waals surface area (Å²) >= 11 is 0. The number of aromatic nitrogens is 1. The Morgan fingerprint density at radius 3 is 2.40 bits per heavy atom. The fourth-order valence-electron chi connectivity index (χ4n) is 2.07. The summed E-state index contributed by atoms with van der Waals surface area (Å²) in [5, 5.41) is 3.63. The number of benzene rings is 1. The monoisotopic (exact) mass is 391 g/mol. The number of hydrogen-bond donors (Lipinski definition) is 1. The Balaban J connectivity index is 2.12. The maximum absolute atomic E-state index is 13.3. The topological polar surface area (TPSA) is 110 Å². The van der Waals surface area contributed by atoms with Crippen molar-refractivity contribution in [2.75, 3.05) is 23.7 Å². The van der Waals surface area contributed by atoms with E-state index in [-0.39, 0.29) is 29.4 Å². The van der Waals surface area contributed by atoms with Crippen LogP contribution >= 0.6 is 0 Å². The van der Waals surface area contributed by atoms with E-state index in [2.05, 4.69) is 9.88 Å². The minimum atomic E-state index is -3.90. The molecular weight excluding hydrogens is 373 g/mol. The van der Waals surface area contributed by atoms with Crippen LogP contribution in [0, 0.1) is 19.7 Å². The van der Waals surface area contributed by atoms with E-state index in [4.69, 9.17) is 4.52 Å². The van der Waals surface area contributed by atoms with Crippen LogP contribution in [0.5, 0.6) is 0 Å². The third-order valence-electron chi connectivity index (χ3n) is 3.32. The molecule has 1 aromatic heterocycles. The van der Waals surface area contributed by atoms with Gasteiger partial charge >= 0.3 is 0 Å². The maximum Gasteiger partial charge on any atom is 0.240 e. The molecule has 0 saturated heterocycles. The molecule has 2 aromatic rings. The zero-order valence-electron chi connectivity index (χ0n) is 13.9. The predicted molar refractivity (Wildman–Crippen MR) is 89.8 cm³/mol. The van der Waals surface area contributed by atoms with E-state index in [1.54, 1.807) is 6.92 Å². The van der Waals surface area contributed by atoms with Gasteiger partial charge in [-0.25, -0.2) is 30.3 Å². The maximum atomic E-state index is 13.3. The lowest BCUT2D eigenvalue weighted by molar-refractivity contribution is 0.398. The van der Waals surface area contributed by atoms with E-state index in [1.807, 2.05) is 0 Å². The number of hydrogen-bond acceptors (Lipinski definition) is 6. The van der Waals surface area contributed by atoms with Crippen molar-refractivity contribution >= 4 is 25.9 Å². The molecule has 0 unspecified atom stereocenters. The number of aryl methyl sites for hydroxylation is 2. The van der Waals surface area contributed by atoms with Gasteiger partial charge in [0, 0.05) is 19.2 Å². The number of nitrogens with zero attached hydrogens (tertiary/aromatic N) is 2. The molecular formula is C14H18FN3O5S2. The molecule has 0 aliphatic carbocycles. The van der Waals surface area contributed by atoms with Crippen LogP contribution in [0.3, 0.4) is 0 Å². The molecule has 2 rings (SSSR count). The third-order valence-corrected chi connectivity index (χ3v) is 5.95. The summed E-state index contributed by atoms with van der Waals surface area (Å²) < 4.78 is 69.5. The zero-order valence-corrected chi connectivity index (χ0v) is 15.5. The number of rotatable bonds is 7. The molecule has 8 nitrogen and oxygen atoms in total. The van der Waals surface area contributed by atoms with E-state index in [0.29, 0.717) is 5.76 Å². The van der Waals surface area contributed by atoms with Gasteiger partial charge in [0.1, 0.15) is 11.6 Å². The van der Waals surface area contributed by atoms with E-state index < -0.39 is 25.9 Å². The highest BCUT2D eigenvalue weighted by atomic mass is 32.2. The van der Waals surface area contributed by atoms with Gasteiger partial charge < -0.3 is 4.52 Å². The molecule has 0 fully saturated rings. The Labute approximate surface area is 145 Å². The van der Waals surface area contributed by atoms with Crippen molar-refractivity contribution in [3.63, 3.8) is 0 Å². The first-order chi connectivity index (χ1) is 11.5. The molecule has 0 bridgehead atoms. The standard InChI is InChI=1S/C14H18FN3O5S2/c1-10-8-12(4-5-13(10)15)25(21,22)16-6-7-18(24(3,19)20)14-9-11(2)23-17-14/h4-5,8-9,16H,6-7H2,1-3H3. The summed E-state index contributed by atoms with van der Waals surface area (Å²) in [6.07, 6.45) is 0.981. The van der Waals surface area contributed by atoms with Crippen LogP contribution < -0.4 is 9.03 Å². The van der Waals surface area contributed by atoms with Crippen molar-refractivity contribution in [1.29, 1.82) is 0 Å². The van der Waals surface area contributed by atoms with E-state index in [0.717, 1.165) is 22.7 Å². The van der Waals surface area contributed by atoms with Crippen molar-refractivity contribution in [3.05, 3.63) is 41.4 Å². The summed E-state index contributed by atoms with van der Waals surface area (Å²) in [5.74, 6) is -0.0218. The molecule has 138 valence electrons. The lowest BCUT2D eigenvalue weighted by Gasteiger charge is -2.19. The Morgan fingerprint density at radius 2 is 1.88 bits per heavy atom. The summed E-state index contributed by atoms with van der Waals surface area (Å²) in [4.78, 5) is -0.102. The van der Waals surface area contributed by atoms with Crippen molar-refractivity contribution in [2.45, 2.75) is 18.7 Å². The van der Waals surface area contributed by atoms with Gasteiger partial charge in [-0.3, -0.25) is 0 Å². The molecule has 0 radical (unpaired) electrons. The molecule has 25 heavy (non-hydrogen) atoms. The number of nitrogens with one attached hydrogen (secondary N) is 1. The van der Waals surface area contributed by atoms with Gasteiger partial charge in [0.05, 0.1) is 11.2 Å². The molecule has 0 aliphatic heterocycles. The van der Waals surface area contributed by atoms with Crippen molar-refractivity contribution in [3.8, 4) is 0 Å². The lowest BCUT2D eigenvalue weighted by Crippen LogP contribution is -2.38. The van der Waals surface area contributed by atoms with Crippen LogP contribution in [0.4, 0.5) is 10.2 Å². The Bertz CT molecular complexity index is 970. The second-order valence-electron chi connectivity index (χ2n) is 5.44. The van der Waals surface area contributed by atoms with Crippen LogP contribution in [0.1, 0.15) is 11.3 Å². The van der Waals surface area contributed by atoms with Crippen molar-refractivity contribution in [1.82, 2.24) is 9.88 Å². The average molecular weight is 391 g/mol. The Morgan fingerprint density at radius 1 is 1.20 bits per heavy atom. The highest BCUT2D eigenvalue weighted by Gasteiger charge is 2.22. The Hall–Kier alpha value is -1.98. The van der Waals surface area contributed by atoms with Gasteiger partial charge in [-0.15, -0.1) is 0 Å². The Kier molecular flexibility index (Phi) is 5.49. The van der Waals surface area contributed by atoms with Crippen molar-refractivity contribution < 1.29 is 25.7 Å². The van der Waals surface area contributed by atoms with Crippen LogP contribution in [0.15, 0.2) is 33.7 Å². The normalized spacial score (nSPS) is 12.3. The van der Waals surface area contributed by atoms with Gasteiger partial charge in [0.25, 0.3) is 0 Å². The first kappa shape index (κ1) is 19.3. The predicted octanol–water partition coefficient (Wildman–Crippen LogP) is 1.18. The minimum Gasteiger partial charge on any atom is -0.360 e. The third kappa shape index (κ3) is 4.77. The number of sulfonamides is 2. The molecule has 1 heterocycles. The molecule has 11 heteroatoms. The van der Waals surface area contributed by atoms with Gasteiger partial charge in [-0.05, 0) is 37.6 Å². The minimum absolute atomic E-state index is 0.0665. The number of halogens is 1. The largest absolute Gasteiger partial charge is 0.360 e. The average Bonchev–Trinajstić information content (AvgIpc) is 2.91. The first-order valence-corrected chi connectivity index (χ1v) is 10.5. The van der Waals surface area contributed by atoms with Crippen LogP contribution in [0.2, 0.25) is 0 Å². The molecule has 0 aliphatic rings. The first-order valence-electron chi connectivity index (χ1n) is 7.17. The quantitative estimate of drug-likeness (QED) is 0.759. The fraction of sp³-hybridized carbons (Fsp3) is 0.357. The fourth-order valence-corrected chi connectivity index (χ4v) is 4.02.